The van der Waals surface area contributed by atoms with E-state index in [0.29, 0.717) is 12.0 Å². The summed E-state index contributed by atoms with van der Waals surface area (Å²) in [4.78, 5) is 9.43. The van der Waals surface area contributed by atoms with Crippen LogP contribution >= 0.6 is 0 Å². The molecule has 0 saturated heterocycles. The number of hydrogen-bond donors (Lipinski definition) is 2. The van der Waals surface area contributed by atoms with Crippen molar-refractivity contribution in [1.82, 2.24) is 9.97 Å². The van der Waals surface area contributed by atoms with Crippen LogP contribution in [0.5, 0.6) is 0 Å². The first kappa shape index (κ1) is 14.6. The fourth-order valence-corrected chi connectivity index (χ4v) is 2.70. The van der Waals surface area contributed by atoms with Crippen LogP contribution in [0.3, 0.4) is 0 Å². The van der Waals surface area contributed by atoms with E-state index in [1.165, 1.54) is 32.1 Å². The zero-order valence-electron chi connectivity index (χ0n) is 13.4. The Hall–Kier alpha value is -1.32. The van der Waals surface area contributed by atoms with Crippen LogP contribution in [0.15, 0.2) is 6.07 Å². The highest BCUT2D eigenvalue weighted by atomic mass is 15.1. The summed E-state index contributed by atoms with van der Waals surface area (Å²) in [7, 11) is 0. The smallest absolute Gasteiger partial charge is 0.136 e. The summed E-state index contributed by atoms with van der Waals surface area (Å²) in [5.74, 6) is 4.57. The van der Waals surface area contributed by atoms with Crippen molar-refractivity contribution in [3.63, 3.8) is 0 Å². The maximum absolute atomic E-state index is 4.76. The van der Waals surface area contributed by atoms with Gasteiger partial charge in [-0.05, 0) is 38.0 Å². The predicted molar refractivity (Wildman–Crippen MR) is 87.8 cm³/mol. The summed E-state index contributed by atoms with van der Waals surface area (Å²) in [6.45, 7) is 5.41. The summed E-state index contributed by atoms with van der Waals surface area (Å²) in [5.41, 5.74) is 0. The Morgan fingerprint density at radius 3 is 2.52 bits per heavy atom. The van der Waals surface area contributed by atoms with E-state index in [1.807, 2.05) is 0 Å². The van der Waals surface area contributed by atoms with Gasteiger partial charge in [-0.1, -0.05) is 26.7 Å². The Kier molecular flexibility index (Phi) is 4.61. The molecule has 2 saturated carbocycles. The first-order valence-corrected chi connectivity index (χ1v) is 8.67. The standard InChI is InChI=1S/C17H28N4/c1-3-9-18-15-11-16(21-17(20-15)13-7-8-13)19-14(4-2)10-12-5-6-12/h11-14H,3-10H2,1-2H3,(H2,18,19,20,21). The topological polar surface area (TPSA) is 49.8 Å². The molecule has 4 nitrogen and oxygen atoms in total. The molecule has 1 aromatic rings. The zero-order valence-corrected chi connectivity index (χ0v) is 13.4. The van der Waals surface area contributed by atoms with Crippen LogP contribution in [0, 0.1) is 5.92 Å². The molecule has 1 atom stereocenters. The van der Waals surface area contributed by atoms with Gasteiger partial charge in [-0.2, -0.15) is 0 Å². The molecule has 2 aliphatic rings. The minimum atomic E-state index is 0.554. The number of nitrogens with zero attached hydrogens (tertiary/aromatic N) is 2. The Morgan fingerprint density at radius 1 is 1.14 bits per heavy atom. The van der Waals surface area contributed by atoms with Gasteiger partial charge in [0.1, 0.15) is 17.5 Å². The largest absolute Gasteiger partial charge is 0.370 e. The molecule has 1 heterocycles. The molecule has 0 bridgehead atoms. The summed E-state index contributed by atoms with van der Waals surface area (Å²) >= 11 is 0. The van der Waals surface area contributed by atoms with Gasteiger partial charge in [0.15, 0.2) is 0 Å². The number of hydrogen-bond acceptors (Lipinski definition) is 4. The van der Waals surface area contributed by atoms with Crippen LogP contribution in [0.25, 0.3) is 0 Å². The fourth-order valence-electron chi connectivity index (χ4n) is 2.70. The average molecular weight is 288 g/mol. The molecule has 1 unspecified atom stereocenters. The van der Waals surface area contributed by atoms with Crippen molar-refractivity contribution in [2.75, 3.05) is 17.2 Å². The molecular formula is C17H28N4. The van der Waals surface area contributed by atoms with Gasteiger partial charge < -0.3 is 10.6 Å². The average Bonchev–Trinajstić information content (AvgIpc) is 3.37. The van der Waals surface area contributed by atoms with Gasteiger partial charge in [0.05, 0.1) is 0 Å². The van der Waals surface area contributed by atoms with E-state index >= 15 is 0 Å². The SMILES string of the molecule is CCCNc1cc(NC(CC)CC2CC2)nc(C2CC2)n1. The fraction of sp³-hybridized carbons (Fsp3) is 0.765. The van der Waals surface area contributed by atoms with Gasteiger partial charge in [-0.25, -0.2) is 9.97 Å². The third kappa shape index (κ3) is 4.32. The Bertz CT molecular complexity index is 466. The first-order chi connectivity index (χ1) is 10.3. The number of rotatable bonds is 9. The van der Waals surface area contributed by atoms with E-state index in [-0.39, 0.29) is 0 Å². The van der Waals surface area contributed by atoms with Gasteiger partial charge in [-0.3, -0.25) is 0 Å². The van der Waals surface area contributed by atoms with E-state index < -0.39 is 0 Å². The first-order valence-electron chi connectivity index (χ1n) is 8.67. The van der Waals surface area contributed by atoms with Gasteiger partial charge in [0.25, 0.3) is 0 Å². The molecule has 0 aliphatic heterocycles. The normalized spacial score (nSPS) is 19.3. The molecule has 4 heteroatoms. The monoisotopic (exact) mass is 288 g/mol. The molecule has 0 radical (unpaired) electrons. The molecule has 0 aromatic carbocycles. The third-order valence-electron chi connectivity index (χ3n) is 4.40. The lowest BCUT2D eigenvalue weighted by atomic mass is 10.1. The second kappa shape index (κ2) is 6.63. The molecule has 2 fully saturated rings. The maximum atomic E-state index is 4.76. The molecule has 3 rings (SSSR count). The second-order valence-electron chi connectivity index (χ2n) is 6.63. The lowest BCUT2D eigenvalue weighted by Crippen LogP contribution is -2.20. The molecule has 2 N–H and O–H groups in total. The van der Waals surface area contributed by atoms with Crippen LogP contribution in [0.2, 0.25) is 0 Å². The third-order valence-corrected chi connectivity index (χ3v) is 4.40. The van der Waals surface area contributed by atoms with E-state index in [4.69, 9.17) is 4.98 Å². The van der Waals surface area contributed by atoms with E-state index in [0.717, 1.165) is 42.8 Å². The number of nitrogens with one attached hydrogen (secondary N) is 2. The van der Waals surface area contributed by atoms with E-state index in [1.54, 1.807) is 0 Å². The highest BCUT2D eigenvalue weighted by molar-refractivity contribution is 5.48. The van der Waals surface area contributed by atoms with E-state index in [9.17, 15) is 0 Å². The lowest BCUT2D eigenvalue weighted by molar-refractivity contribution is 0.584. The van der Waals surface area contributed by atoms with Gasteiger partial charge >= 0.3 is 0 Å². The lowest BCUT2D eigenvalue weighted by Gasteiger charge is -2.18. The van der Waals surface area contributed by atoms with Crippen molar-refractivity contribution < 1.29 is 0 Å². The molecule has 2 aliphatic carbocycles. The van der Waals surface area contributed by atoms with Gasteiger partial charge in [0, 0.05) is 24.6 Å². The minimum absolute atomic E-state index is 0.554. The quantitative estimate of drug-likeness (QED) is 0.716. The van der Waals surface area contributed by atoms with Crippen molar-refractivity contribution in [2.45, 2.75) is 70.8 Å². The van der Waals surface area contributed by atoms with Crippen LogP contribution in [0.4, 0.5) is 11.6 Å². The van der Waals surface area contributed by atoms with Crippen LogP contribution in [-0.2, 0) is 0 Å². The van der Waals surface area contributed by atoms with E-state index in [2.05, 4.69) is 35.5 Å². The molecule has 0 spiro atoms. The molecular weight excluding hydrogens is 260 g/mol. The Balaban J connectivity index is 1.70. The van der Waals surface area contributed by atoms with Crippen LogP contribution < -0.4 is 10.6 Å². The molecule has 1 aromatic heterocycles. The number of aromatic nitrogens is 2. The molecule has 0 amide bonds. The van der Waals surface area contributed by atoms with Gasteiger partial charge in [-0.15, -0.1) is 0 Å². The Labute approximate surface area is 128 Å². The van der Waals surface area contributed by atoms with Crippen molar-refractivity contribution in [3.8, 4) is 0 Å². The van der Waals surface area contributed by atoms with Gasteiger partial charge in [0.2, 0.25) is 0 Å². The van der Waals surface area contributed by atoms with Crippen molar-refractivity contribution >= 4 is 11.6 Å². The van der Waals surface area contributed by atoms with Crippen LogP contribution in [-0.4, -0.2) is 22.6 Å². The minimum Gasteiger partial charge on any atom is -0.370 e. The summed E-state index contributed by atoms with van der Waals surface area (Å²) < 4.78 is 0. The maximum Gasteiger partial charge on any atom is 0.136 e. The second-order valence-corrected chi connectivity index (χ2v) is 6.63. The van der Waals surface area contributed by atoms with Crippen molar-refractivity contribution in [3.05, 3.63) is 11.9 Å². The molecule has 116 valence electrons. The predicted octanol–water partition coefficient (Wildman–Crippen LogP) is 4.17. The van der Waals surface area contributed by atoms with Crippen LogP contribution in [0.1, 0.15) is 70.5 Å². The highest BCUT2D eigenvalue weighted by Crippen LogP contribution is 2.39. The number of anilines is 2. The molecule has 21 heavy (non-hydrogen) atoms. The Morgan fingerprint density at radius 2 is 1.90 bits per heavy atom. The van der Waals surface area contributed by atoms with Crippen molar-refractivity contribution in [2.24, 2.45) is 5.92 Å². The summed E-state index contributed by atoms with van der Waals surface area (Å²) in [5, 5.41) is 7.06. The van der Waals surface area contributed by atoms with Crippen molar-refractivity contribution in [1.29, 1.82) is 0 Å². The summed E-state index contributed by atoms with van der Waals surface area (Å²) in [6, 6.07) is 2.63. The highest BCUT2D eigenvalue weighted by Gasteiger charge is 2.28. The zero-order chi connectivity index (χ0) is 14.7. The summed E-state index contributed by atoms with van der Waals surface area (Å²) in [6.07, 6.45) is 8.89.